The summed E-state index contributed by atoms with van der Waals surface area (Å²) in [5.41, 5.74) is 2.93. The summed E-state index contributed by atoms with van der Waals surface area (Å²) in [5.74, 6) is 0.589. The number of amidine groups is 1. The number of likely N-dealkylation sites (N-methyl/N-ethyl adjacent to an activating group) is 1. The van der Waals surface area contributed by atoms with Crippen molar-refractivity contribution in [1.29, 1.82) is 0 Å². The van der Waals surface area contributed by atoms with Crippen LogP contribution in [0.15, 0.2) is 52.4 Å². The number of thioether (sulfide) groups is 1. The molecule has 2 fully saturated rings. The van der Waals surface area contributed by atoms with Gasteiger partial charge >= 0.3 is 0 Å². The van der Waals surface area contributed by atoms with Crippen LogP contribution in [0.25, 0.3) is 6.08 Å². The van der Waals surface area contributed by atoms with Crippen molar-refractivity contribution in [1.82, 2.24) is 4.90 Å². The first-order valence-corrected chi connectivity index (χ1v) is 12.7. The number of hydrogen-bond acceptors (Lipinski definition) is 5. The molecule has 5 nitrogen and oxygen atoms in total. The molecule has 0 aromatic heterocycles. The highest BCUT2D eigenvalue weighted by Crippen LogP contribution is 2.35. The van der Waals surface area contributed by atoms with Gasteiger partial charge < -0.3 is 9.64 Å². The summed E-state index contributed by atoms with van der Waals surface area (Å²) in [4.78, 5) is 22.2. The van der Waals surface area contributed by atoms with E-state index in [0.717, 1.165) is 30.8 Å². The predicted octanol–water partition coefficient (Wildman–Crippen LogP) is 6.74. The number of anilines is 1. The Bertz CT molecular complexity index is 1060. The number of rotatable bonds is 6. The van der Waals surface area contributed by atoms with Gasteiger partial charge in [0.15, 0.2) is 5.17 Å². The van der Waals surface area contributed by atoms with E-state index < -0.39 is 0 Å². The normalized spacial score (nSPS) is 20.1. The van der Waals surface area contributed by atoms with Gasteiger partial charge in [0, 0.05) is 25.8 Å². The fraction of sp³-hybridized carbons (Fsp3) is 0.385. The van der Waals surface area contributed by atoms with Gasteiger partial charge in [-0.05, 0) is 92.4 Å². The van der Waals surface area contributed by atoms with E-state index in [-0.39, 0.29) is 12.0 Å². The Kier molecular flexibility index (Phi) is 7.66. The molecular formula is C26H30ClN3O2S. The van der Waals surface area contributed by atoms with Crippen LogP contribution >= 0.6 is 23.4 Å². The van der Waals surface area contributed by atoms with Crippen molar-refractivity contribution in [3.05, 3.63) is 58.0 Å². The van der Waals surface area contributed by atoms with E-state index in [0.29, 0.717) is 20.8 Å². The zero-order chi connectivity index (χ0) is 23.4. The van der Waals surface area contributed by atoms with E-state index in [1.165, 1.54) is 36.7 Å². The molecule has 174 valence electrons. The van der Waals surface area contributed by atoms with E-state index >= 15 is 0 Å². The summed E-state index contributed by atoms with van der Waals surface area (Å²) >= 11 is 7.78. The second kappa shape index (κ2) is 10.7. The molecule has 0 radical (unpaired) electrons. The molecule has 7 heteroatoms. The Balaban J connectivity index is 1.48. The Morgan fingerprint density at radius 3 is 2.55 bits per heavy atom. The second-order valence-electron chi connectivity index (χ2n) is 8.46. The second-order valence-corrected chi connectivity index (χ2v) is 9.88. The highest BCUT2D eigenvalue weighted by atomic mass is 35.5. The monoisotopic (exact) mass is 483 g/mol. The highest BCUT2D eigenvalue weighted by Gasteiger charge is 2.30. The minimum Gasteiger partial charge on any atom is -0.489 e. The van der Waals surface area contributed by atoms with Crippen molar-refractivity contribution < 1.29 is 9.53 Å². The van der Waals surface area contributed by atoms with Crippen LogP contribution in [-0.4, -0.2) is 42.2 Å². The van der Waals surface area contributed by atoms with Gasteiger partial charge in [-0.15, -0.1) is 0 Å². The van der Waals surface area contributed by atoms with Crippen molar-refractivity contribution >= 4 is 51.9 Å². The van der Waals surface area contributed by atoms with Gasteiger partial charge in [0.05, 0.1) is 21.7 Å². The molecular weight excluding hydrogens is 454 g/mol. The van der Waals surface area contributed by atoms with Gasteiger partial charge in [-0.25, -0.2) is 4.99 Å². The lowest BCUT2D eigenvalue weighted by Crippen LogP contribution is -2.29. The van der Waals surface area contributed by atoms with Gasteiger partial charge in [-0.3, -0.25) is 9.69 Å². The molecule has 1 amide bonds. The SMILES string of the molecule is CC[C@H](C)Oc1ccc(/C=C2\SC(=Nc3ccc(N4CCCCC4)cc3)N(C)C2=O)cc1Cl. The largest absolute Gasteiger partial charge is 0.489 e. The number of aliphatic imine (C=N–C) groups is 1. The minimum absolute atomic E-state index is 0.0697. The van der Waals surface area contributed by atoms with Gasteiger partial charge in [0.1, 0.15) is 5.75 Å². The van der Waals surface area contributed by atoms with Crippen LogP contribution in [0.5, 0.6) is 5.75 Å². The van der Waals surface area contributed by atoms with Crippen LogP contribution in [-0.2, 0) is 4.79 Å². The topological polar surface area (TPSA) is 45.1 Å². The van der Waals surface area contributed by atoms with E-state index in [4.69, 9.17) is 21.3 Å². The summed E-state index contributed by atoms with van der Waals surface area (Å²) in [6, 6.07) is 13.9. The van der Waals surface area contributed by atoms with Crippen LogP contribution in [0.2, 0.25) is 5.02 Å². The third-order valence-electron chi connectivity index (χ3n) is 5.96. The number of carbonyl (C=O) groups is 1. The van der Waals surface area contributed by atoms with Crippen molar-refractivity contribution in [3.63, 3.8) is 0 Å². The maximum atomic E-state index is 12.8. The Morgan fingerprint density at radius 2 is 1.88 bits per heavy atom. The molecule has 0 bridgehead atoms. The number of carbonyl (C=O) groups excluding carboxylic acids is 1. The zero-order valence-corrected chi connectivity index (χ0v) is 21.0. The third kappa shape index (κ3) is 5.74. The summed E-state index contributed by atoms with van der Waals surface area (Å²) in [7, 11) is 1.76. The maximum Gasteiger partial charge on any atom is 0.266 e. The van der Waals surface area contributed by atoms with Crippen LogP contribution < -0.4 is 9.64 Å². The van der Waals surface area contributed by atoms with Crippen molar-refractivity contribution in [2.24, 2.45) is 4.99 Å². The van der Waals surface area contributed by atoms with E-state index in [1.54, 1.807) is 11.9 Å². The van der Waals surface area contributed by atoms with Crippen LogP contribution in [0.1, 0.15) is 45.1 Å². The maximum absolute atomic E-state index is 12.8. The number of nitrogens with zero attached hydrogens (tertiary/aromatic N) is 3. The minimum atomic E-state index is -0.0697. The molecule has 2 aromatic carbocycles. The first-order chi connectivity index (χ1) is 15.9. The van der Waals surface area contributed by atoms with E-state index in [9.17, 15) is 4.79 Å². The molecule has 4 rings (SSSR count). The van der Waals surface area contributed by atoms with Crippen LogP contribution in [0.3, 0.4) is 0 Å². The third-order valence-corrected chi connectivity index (χ3v) is 7.31. The summed E-state index contributed by atoms with van der Waals surface area (Å²) < 4.78 is 5.83. The number of ether oxygens (including phenoxy) is 1. The first-order valence-electron chi connectivity index (χ1n) is 11.5. The van der Waals surface area contributed by atoms with Crippen molar-refractivity contribution in [2.45, 2.75) is 45.6 Å². The fourth-order valence-electron chi connectivity index (χ4n) is 3.81. The molecule has 2 aliphatic rings. The average molecular weight is 484 g/mol. The molecule has 0 N–H and O–H groups in total. The number of benzene rings is 2. The van der Waals surface area contributed by atoms with E-state index in [1.807, 2.05) is 43.3 Å². The standard InChI is InChI=1S/C26H30ClN3O2S/c1-4-18(2)32-23-13-8-19(16-22(23)27)17-24-25(31)29(3)26(33-24)28-20-9-11-21(12-10-20)30-14-6-5-7-15-30/h8-13,16-18H,4-7,14-15H2,1-3H3/b24-17-,28-26?/t18-/m0/s1. The molecule has 0 saturated carbocycles. The van der Waals surface area contributed by atoms with Crippen molar-refractivity contribution in [2.75, 3.05) is 25.0 Å². The summed E-state index contributed by atoms with van der Waals surface area (Å²) in [6.07, 6.45) is 6.67. The molecule has 0 unspecified atom stereocenters. The molecule has 2 heterocycles. The van der Waals surface area contributed by atoms with Crippen molar-refractivity contribution in [3.8, 4) is 5.75 Å². The molecule has 1 atom stereocenters. The molecule has 2 saturated heterocycles. The smallest absolute Gasteiger partial charge is 0.266 e. The lowest BCUT2D eigenvalue weighted by Gasteiger charge is -2.28. The number of piperidine rings is 1. The Hall–Kier alpha value is -2.44. The highest BCUT2D eigenvalue weighted by molar-refractivity contribution is 8.18. The number of hydrogen-bond donors (Lipinski definition) is 0. The Labute approximate surface area is 205 Å². The van der Waals surface area contributed by atoms with Gasteiger partial charge in [0.25, 0.3) is 5.91 Å². The molecule has 2 aromatic rings. The number of halogens is 1. The quantitative estimate of drug-likeness (QED) is 0.427. The molecule has 33 heavy (non-hydrogen) atoms. The summed E-state index contributed by atoms with van der Waals surface area (Å²) in [5, 5.41) is 1.20. The lowest BCUT2D eigenvalue weighted by atomic mass is 10.1. The van der Waals surface area contributed by atoms with Gasteiger partial charge in [-0.2, -0.15) is 0 Å². The van der Waals surface area contributed by atoms with Gasteiger partial charge in [0.2, 0.25) is 0 Å². The van der Waals surface area contributed by atoms with Crippen LogP contribution in [0.4, 0.5) is 11.4 Å². The molecule has 0 spiro atoms. The Morgan fingerprint density at radius 1 is 1.15 bits per heavy atom. The predicted molar refractivity (Wildman–Crippen MR) is 140 cm³/mol. The lowest BCUT2D eigenvalue weighted by molar-refractivity contribution is -0.121. The molecule has 2 aliphatic heterocycles. The summed E-state index contributed by atoms with van der Waals surface area (Å²) in [6.45, 7) is 6.31. The first kappa shape index (κ1) is 23.7. The number of amides is 1. The molecule has 0 aliphatic carbocycles. The van der Waals surface area contributed by atoms with E-state index in [2.05, 4.69) is 24.0 Å². The zero-order valence-electron chi connectivity index (χ0n) is 19.4. The van der Waals surface area contributed by atoms with Crippen LogP contribution in [0, 0.1) is 0 Å². The average Bonchev–Trinajstić information content (AvgIpc) is 3.09. The fourth-order valence-corrected chi connectivity index (χ4v) is 5.03. The van der Waals surface area contributed by atoms with Gasteiger partial charge in [-0.1, -0.05) is 24.6 Å².